The molecule has 0 saturated heterocycles. The van der Waals surface area contributed by atoms with E-state index in [0.717, 1.165) is 5.56 Å². The van der Waals surface area contributed by atoms with E-state index >= 15 is 0 Å². The Morgan fingerprint density at radius 2 is 1.97 bits per heavy atom. The summed E-state index contributed by atoms with van der Waals surface area (Å²) in [5.74, 6) is -0.150. The monoisotopic (exact) mass is 445 g/mol. The van der Waals surface area contributed by atoms with Gasteiger partial charge in [-0.05, 0) is 61.5 Å². The van der Waals surface area contributed by atoms with Gasteiger partial charge in [0.1, 0.15) is 0 Å². The van der Waals surface area contributed by atoms with Crippen molar-refractivity contribution in [2.45, 2.75) is 25.9 Å². The minimum absolute atomic E-state index is 0.141. The Balaban J connectivity index is 1.90. The lowest BCUT2D eigenvalue weighted by Gasteiger charge is -2.25. The highest BCUT2D eigenvalue weighted by Crippen LogP contribution is 2.23. The number of ether oxygens (including phenoxy) is 1. The molecular weight excluding hydrogens is 422 g/mol. The molecule has 2 aromatic carbocycles. The molecule has 30 heavy (non-hydrogen) atoms. The van der Waals surface area contributed by atoms with Crippen molar-refractivity contribution in [2.24, 2.45) is 0 Å². The molecule has 3 aromatic rings. The lowest BCUT2D eigenvalue weighted by molar-refractivity contribution is 0.0743. The summed E-state index contributed by atoms with van der Waals surface area (Å²) < 4.78 is 6.89. The summed E-state index contributed by atoms with van der Waals surface area (Å²) in [7, 11) is 3.37. The number of carbonyl (C=O) groups excluding carboxylic acids is 1. The van der Waals surface area contributed by atoms with Crippen molar-refractivity contribution in [3.05, 3.63) is 73.7 Å². The fourth-order valence-electron chi connectivity index (χ4n) is 3.30. The molecule has 1 aromatic heterocycles. The topological polar surface area (TPSA) is 67.3 Å². The molecule has 3 rings (SSSR count). The molecule has 1 N–H and O–H groups in total. The number of nitrogens with zero attached hydrogens (tertiary/aromatic N) is 2. The van der Waals surface area contributed by atoms with Crippen LogP contribution in [0.1, 0.15) is 35.3 Å². The normalized spacial score (nSPS) is 12.1. The SMILES string of the molecule is COCCCn1c(=S)[nH]c2cc(C(=O)N(C)C(C)c3ccc(Cl)cc3)ccc2c1=O. The van der Waals surface area contributed by atoms with Crippen LogP contribution in [0.2, 0.25) is 5.02 Å². The lowest BCUT2D eigenvalue weighted by Crippen LogP contribution is -2.30. The van der Waals surface area contributed by atoms with Gasteiger partial charge in [-0.2, -0.15) is 0 Å². The van der Waals surface area contributed by atoms with Gasteiger partial charge in [-0.3, -0.25) is 14.2 Å². The Morgan fingerprint density at radius 3 is 2.63 bits per heavy atom. The molecule has 6 nitrogen and oxygen atoms in total. The number of carbonyl (C=O) groups is 1. The molecule has 0 fully saturated rings. The Morgan fingerprint density at radius 1 is 1.27 bits per heavy atom. The van der Waals surface area contributed by atoms with Crippen molar-refractivity contribution >= 4 is 40.6 Å². The van der Waals surface area contributed by atoms with Crippen LogP contribution in [0.3, 0.4) is 0 Å². The van der Waals surface area contributed by atoms with Crippen molar-refractivity contribution in [3.63, 3.8) is 0 Å². The number of benzene rings is 2. The first-order valence-corrected chi connectivity index (χ1v) is 10.4. The number of halogens is 1. The van der Waals surface area contributed by atoms with Crippen molar-refractivity contribution in [1.82, 2.24) is 14.5 Å². The standard InChI is InChI=1S/C22H24ClN3O3S/c1-14(15-5-8-17(23)9-6-15)25(2)20(27)16-7-10-18-19(13-16)24-22(30)26(21(18)28)11-4-12-29-3/h5-10,13-14H,4,11-12H2,1-3H3,(H,24,30). The molecule has 1 atom stereocenters. The number of amides is 1. The van der Waals surface area contributed by atoms with Crippen LogP contribution in [0.25, 0.3) is 10.9 Å². The third-order valence-corrected chi connectivity index (χ3v) is 5.79. The summed E-state index contributed by atoms with van der Waals surface area (Å²) in [6.45, 7) is 2.97. The van der Waals surface area contributed by atoms with E-state index in [1.807, 2.05) is 19.1 Å². The number of aromatic amines is 1. The molecule has 0 spiro atoms. The summed E-state index contributed by atoms with van der Waals surface area (Å²) in [6.07, 6.45) is 0.684. The van der Waals surface area contributed by atoms with Gasteiger partial charge in [-0.1, -0.05) is 23.7 Å². The number of methoxy groups -OCH3 is 1. The third kappa shape index (κ3) is 4.64. The maximum absolute atomic E-state index is 13.0. The molecule has 0 aliphatic carbocycles. The number of nitrogens with one attached hydrogen (secondary N) is 1. The third-order valence-electron chi connectivity index (χ3n) is 5.21. The summed E-state index contributed by atoms with van der Waals surface area (Å²) >= 11 is 11.3. The van der Waals surface area contributed by atoms with E-state index in [1.54, 1.807) is 49.4 Å². The highest BCUT2D eigenvalue weighted by Gasteiger charge is 2.20. The van der Waals surface area contributed by atoms with Crippen LogP contribution >= 0.6 is 23.8 Å². The summed E-state index contributed by atoms with van der Waals surface area (Å²) in [5, 5.41) is 1.14. The first kappa shape index (κ1) is 22.2. The summed E-state index contributed by atoms with van der Waals surface area (Å²) in [6, 6.07) is 12.3. The van der Waals surface area contributed by atoms with Gasteiger partial charge >= 0.3 is 0 Å². The number of fused-ring (bicyclic) bond motifs is 1. The minimum Gasteiger partial charge on any atom is -0.385 e. The van der Waals surface area contributed by atoms with Gasteiger partial charge in [0.05, 0.1) is 16.9 Å². The van der Waals surface area contributed by atoms with E-state index in [1.165, 1.54) is 4.57 Å². The highest BCUT2D eigenvalue weighted by molar-refractivity contribution is 7.71. The van der Waals surface area contributed by atoms with Gasteiger partial charge in [-0.15, -0.1) is 0 Å². The van der Waals surface area contributed by atoms with E-state index in [-0.39, 0.29) is 17.5 Å². The largest absolute Gasteiger partial charge is 0.385 e. The van der Waals surface area contributed by atoms with Crippen LogP contribution in [0.5, 0.6) is 0 Å². The van der Waals surface area contributed by atoms with Gasteiger partial charge in [0.25, 0.3) is 11.5 Å². The quantitative estimate of drug-likeness (QED) is 0.427. The minimum atomic E-state index is -0.174. The van der Waals surface area contributed by atoms with E-state index in [2.05, 4.69) is 4.98 Å². The molecular formula is C22H24ClN3O3S. The van der Waals surface area contributed by atoms with E-state index in [0.29, 0.717) is 45.8 Å². The molecule has 0 aliphatic heterocycles. The summed E-state index contributed by atoms with van der Waals surface area (Å²) in [5.41, 5.74) is 1.83. The maximum atomic E-state index is 13.0. The molecule has 1 amide bonds. The number of H-pyrrole nitrogens is 1. The number of rotatable bonds is 7. The van der Waals surface area contributed by atoms with Crippen LogP contribution in [0, 0.1) is 4.77 Å². The Labute approximate surface area is 185 Å². The predicted octanol–water partition coefficient (Wildman–Crippen LogP) is 4.58. The molecule has 1 heterocycles. The van der Waals surface area contributed by atoms with E-state index < -0.39 is 0 Å². The van der Waals surface area contributed by atoms with Crippen LogP contribution in [-0.4, -0.2) is 41.1 Å². The second-order valence-electron chi connectivity index (χ2n) is 7.14. The maximum Gasteiger partial charge on any atom is 0.262 e. The van der Waals surface area contributed by atoms with Crippen LogP contribution in [0.15, 0.2) is 47.3 Å². The fourth-order valence-corrected chi connectivity index (χ4v) is 3.71. The van der Waals surface area contributed by atoms with Crippen LogP contribution in [0.4, 0.5) is 0 Å². The number of aromatic nitrogens is 2. The smallest absolute Gasteiger partial charge is 0.262 e. The molecule has 1 unspecified atom stereocenters. The van der Waals surface area contributed by atoms with E-state index in [9.17, 15) is 9.59 Å². The van der Waals surface area contributed by atoms with Crippen LogP contribution in [-0.2, 0) is 11.3 Å². The van der Waals surface area contributed by atoms with Crippen molar-refractivity contribution in [3.8, 4) is 0 Å². The molecule has 0 aliphatic rings. The first-order chi connectivity index (χ1) is 14.3. The molecule has 8 heteroatoms. The number of hydrogen-bond acceptors (Lipinski definition) is 4. The van der Waals surface area contributed by atoms with Crippen LogP contribution < -0.4 is 5.56 Å². The summed E-state index contributed by atoms with van der Waals surface area (Å²) in [4.78, 5) is 30.6. The van der Waals surface area contributed by atoms with Gasteiger partial charge in [0, 0.05) is 37.9 Å². The molecule has 0 radical (unpaired) electrons. The molecule has 158 valence electrons. The van der Waals surface area contributed by atoms with Crippen molar-refractivity contribution < 1.29 is 9.53 Å². The highest BCUT2D eigenvalue weighted by atomic mass is 35.5. The zero-order valence-corrected chi connectivity index (χ0v) is 18.7. The zero-order chi connectivity index (χ0) is 21.8. The molecule has 0 saturated carbocycles. The first-order valence-electron chi connectivity index (χ1n) is 9.62. The average Bonchev–Trinajstić information content (AvgIpc) is 2.74. The van der Waals surface area contributed by atoms with E-state index in [4.69, 9.17) is 28.6 Å². The lowest BCUT2D eigenvalue weighted by atomic mass is 10.1. The average molecular weight is 446 g/mol. The van der Waals surface area contributed by atoms with Gasteiger partial charge in [0.15, 0.2) is 4.77 Å². The Hall–Kier alpha value is -2.48. The number of hydrogen-bond donors (Lipinski definition) is 1. The Kier molecular flexibility index (Phi) is 7.07. The zero-order valence-electron chi connectivity index (χ0n) is 17.1. The molecule has 0 bridgehead atoms. The van der Waals surface area contributed by atoms with Gasteiger partial charge < -0.3 is 14.6 Å². The predicted molar refractivity (Wildman–Crippen MR) is 122 cm³/mol. The Bertz CT molecular complexity index is 1170. The van der Waals surface area contributed by atoms with Gasteiger partial charge in [0.2, 0.25) is 0 Å². The van der Waals surface area contributed by atoms with Crippen molar-refractivity contribution in [1.29, 1.82) is 0 Å². The van der Waals surface area contributed by atoms with Gasteiger partial charge in [-0.25, -0.2) is 0 Å². The second kappa shape index (κ2) is 9.55. The van der Waals surface area contributed by atoms with Crippen molar-refractivity contribution in [2.75, 3.05) is 20.8 Å². The second-order valence-corrected chi connectivity index (χ2v) is 7.96. The fraction of sp³-hybridized carbons (Fsp3) is 0.318.